The minimum Gasteiger partial charge on any atom is -0.491 e. The van der Waals surface area contributed by atoms with Crippen LogP contribution in [0.1, 0.15) is 25.0 Å². The fraction of sp³-hybridized carbons (Fsp3) is 0.286. The third-order valence-electron chi connectivity index (χ3n) is 3.94. The zero-order valence-electron chi connectivity index (χ0n) is 15.3. The highest BCUT2D eigenvalue weighted by Crippen LogP contribution is 2.36. The van der Waals surface area contributed by atoms with Gasteiger partial charge >= 0.3 is 0 Å². The number of hydrogen-bond donors (Lipinski definition) is 1. The van der Waals surface area contributed by atoms with Crippen molar-refractivity contribution < 1.29 is 9.47 Å². The first-order valence-corrected chi connectivity index (χ1v) is 9.08. The Bertz CT molecular complexity index is 902. The molecule has 3 rings (SSSR count). The van der Waals surface area contributed by atoms with Gasteiger partial charge in [-0.3, -0.25) is 0 Å². The molecule has 2 aromatic carbocycles. The molecule has 0 aliphatic rings. The molecule has 0 amide bonds. The number of rotatable bonds is 6. The molecule has 1 heterocycles. The predicted molar refractivity (Wildman–Crippen MR) is 107 cm³/mol. The number of ether oxygens (including phenoxy) is 2. The first-order chi connectivity index (χ1) is 12.5. The Kier molecular flexibility index (Phi) is 5.64. The van der Waals surface area contributed by atoms with E-state index in [0.29, 0.717) is 23.2 Å². The Balaban J connectivity index is 1.87. The monoisotopic (exact) mass is 370 g/mol. The summed E-state index contributed by atoms with van der Waals surface area (Å²) in [6.45, 7) is 6.53. The topological polar surface area (TPSA) is 57.4 Å². The minimum absolute atomic E-state index is 0.0866. The van der Waals surface area contributed by atoms with Crippen LogP contribution in [0.4, 0.5) is 0 Å². The molecule has 0 saturated heterocycles. The van der Waals surface area contributed by atoms with Gasteiger partial charge < -0.3 is 15.2 Å². The summed E-state index contributed by atoms with van der Waals surface area (Å²) in [5.74, 6) is 1.83. The van der Waals surface area contributed by atoms with E-state index < -0.39 is 0 Å². The maximum absolute atomic E-state index is 6.40. The predicted octanol–water partition coefficient (Wildman–Crippen LogP) is 5.28. The van der Waals surface area contributed by atoms with Gasteiger partial charge in [0.15, 0.2) is 5.75 Å². The van der Waals surface area contributed by atoms with Crippen LogP contribution in [0.25, 0.3) is 10.9 Å². The second-order valence-electron chi connectivity index (χ2n) is 6.54. The molecule has 0 spiro atoms. The lowest BCUT2D eigenvalue weighted by Gasteiger charge is -2.15. The van der Waals surface area contributed by atoms with E-state index in [4.69, 9.17) is 26.8 Å². The first kappa shape index (κ1) is 18.5. The molecule has 1 aromatic heterocycles. The first-order valence-electron chi connectivity index (χ1n) is 8.70. The standard InChI is InChI=1S/C21H23ClN2O2/c1-13(2)25-17-10-14(3)21(18(22)12-17)26-20-7-5-16-11-15(8-9-23)4-6-19(16)24-20/h4-7,10-13H,8-9,23H2,1-3H3. The second-order valence-corrected chi connectivity index (χ2v) is 6.94. The fourth-order valence-electron chi connectivity index (χ4n) is 2.81. The second kappa shape index (κ2) is 7.94. The molecule has 0 aliphatic carbocycles. The van der Waals surface area contributed by atoms with Crippen molar-refractivity contribution in [3.63, 3.8) is 0 Å². The molecule has 136 valence electrons. The van der Waals surface area contributed by atoms with Crippen LogP contribution >= 0.6 is 11.6 Å². The summed E-state index contributed by atoms with van der Waals surface area (Å²) in [6.07, 6.45) is 0.942. The molecule has 0 unspecified atom stereocenters. The number of pyridine rings is 1. The number of benzene rings is 2. The number of hydrogen-bond acceptors (Lipinski definition) is 4. The molecule has 2 N–H and O–H groups in total. The van der Waals surface area contributed by atoms with Crippen molar-refractivity contribution in [1.82, 2.24) is 4.98 Å². The molecule has 0 fully saturated rings. The van der Waals surface area contributed by atoms with E-state index in [0.717, 1.165) is 28.6 Å². The molecule has 26 heavy (non-hydrogen) atoms. The summed E-state index contributed by atoms with van der Waals surface area (Å²) in [4.78, 5) is 4.58. The van der Waals surface area contributed by atoms with Gasteiger partial charge in [0.25, 0.3) is 0 Å². The Morgan fingerprint density at radius 2 is 1.92 bits per heavy atom. The van der Waals surface area contributed by atoms with Gasteiger partial charge in [0.2, 0.25) is 5.88 Å². The van der Waals surface area contributed by atoms with Gasteiger partial charge in [-0.2, -0.15) is 0 Å². The van der Waals surface area contributed by atoms with Gasteiger partial charge in [0, 0.05) is 17.5 Å². The highest BCUT2D eigenvalue weighted by atomic mass is 35.5. The third kappa shape index (κ3) is 4.26. The largest absolute Gasteiger partial charge is 0.491 e. The Morgan fingerprint density at radius 1 is 1.12 bits per heavy atom. The minimum atomic E-state index is 0.0866. The summed E-state index contributed by atoms with van der Waals surface area (Å²) >= 11 is 6.40. The number of fused-ring (bicyclic) bond motifs is 1. The van der Waals surface area contributed by atoms with Gasteiger partial charge in [-0.15, -0.1) is 0 Å². The SMILES string of the molecule is Cc1cc(OC(C)C)cc(Cl)c1Oc1ccc2cc(CCN)ccc2n1. The number of aryl methyl sites for hydroxylation is 1. The van der Waals surface area contributed by atoms with E-state index in [2.05, 4.69) is 11.1 Å². The van der Waals surface area contributed by atoms with Crippen molar-refractivity contribution in [3.8, 4) is 17.4 Å². The van der Waals surface area contributed by atoms with Gasteiger partial charge in [0.1, 0.15) is 5.75 Å². The summed E-state index contributed by atoms with van der Waals surface area (Å²) in [6, 6.07) is 13.7. The summed E-state index contributed by atoms with van der Waals surface area (Å²) < 4.78 is 11.7. The van der Waals surface area contributed by atoms with E-state index in [9.17, 15) is 0 Å². The average molecular weight is 371 g/mol. The molecule has 0 saturated carbocycles. The van der Waals surface area contributed by atoms with Gasteiger partial charge in [-0.25, -0.2) is 4.98 Å². The Hall–Kier alpha value is -2.30. The van der Waals surface area contributed by atoms with E-state index in [1.54, 1.807) is 6.07 Å². The molecule has 0 bridgehead atoms. The third-order valence-corrected chi connectivity index (χ3v) is 4.22. The Labute approximate surface area is 158 Å². The van der Waals surface area contributed by atoms with Crippen molar-refractivity contribution in [3.05, 3.63) is 58.6 Å². The van der Waals surface area contributed by atoms with Crippen molar-refractivity contribution in [2.24, 2.45) is 5.73 Å². The van der Waals surface area contributed by atoms with Crippen LogP contribution in [0.5, 0.6) is 17.4 Å². The number of nitrogens with two attached hydrogens (primary N) is 1. The Morgan fingerprint density at radius 3 is 2.62 bits per heavy atom. The summed E-state index contributed by atoms with van der Waals surface area (Å²) in [5.41, 5.74) is 8.60. The normalized spacial score (nSPS) is 11.2. The van der Waals surface area contributed by atoms with Crippen LogP contribution in [-0.4, -0.2) is 17.6 Å². The lowest BCUT2D eigenvalue weighted by Crippen LogP contribution is -2.05. The molecular weight excluding hydrogens is 348 g/mol. The average Bonchev–Trinajstić information content (AvgIpc) is 2.58. The smallest absolute Gasteiger partial charge is 0.219 e. The summed E-state index contributed by atoms with van der Waals surface area (Å²) in [5, 5.41) is 1.56. The maximum atomic E-state index is 6.40. The van der Waals surface area contributed by atoms with Crippen molar-refractivity contribution in [2.75, 3.05) is 6.54 Å². The number of nitrogens with zero attached hydrogens (tertiary/aromatic N) is 1. The lowest BCUT2D eigenvalue weighted by molar-refractivity contribution is 0.242. The van der Waals surface area contributed by atoms with Gasteiger partial charge in [-0.05, 0) is 69.1 Å². The molecule has 3 aromatic rings. The molecular formula is C21H23ClN2O2. The highest BCUT2D eigenvalue weighted by Gasteiger charge is 2.12. The quantitative estimate of drug-likeness (QED) is 0.641. The van der Waals surface area contributed by atoms with Gasteiger partial charge in [0.05, 0.1) is 16.6 Å². The van der Waals surface area contributed by atoms with Crippen LogP contribution in [0, 0.1) is 6.92 Å². The van der Waals surface area contributed by atoms with Crippen molar-refractivity contribution >= 4 is 22.5 Å². The zero-order valence-corrected chi connectivity index (χ0v) is 16.0. The number of aromatic nitrogens is 1. The van der Waals surface area contributed by atoms with E-state index in [1.165, 1.54) is 5.56 Å². The van der Waals surface area contributed by atoms with Gasteiger partial charge in [-0.1, -0.05) is 17.7 Å². The zero-order chi connectivity index (χ0) is 18.7. The van der Waals surface area contributed by atoms with Crippen molar-refractivity contribution in [2.45, 2.75) is 33.3 Å². The number of halogens is 1. The molecule has 5 heteroatoms. The lowest BCUT2D eigenvalue weighted by atomic mass is 10.1. The van der Waals surface area contributed by atoms with Crippen molar-refractivity contribution in [1.29, 1.82) is 0 Å². The van der Waals surface area contributed by atoms with Crippen LogP contribution in [0.2, 0.25) is 5.02 Å². The molecule has 0 aliphatic heterocycles. The van der Waals surface area contributed by atoms with E-state index in [-0.39, 0.29) is 6.10 Å². The van der Waals surface area contributed by atoms with Crippen LogP contribution in [-0.2, 0) is 6.42 Å². The van der Waals surface area contributed by atoms with Crippen LogP contribution < -0.4 is 15.2 Å². The highest BCUT2D eigenvalue weighted by molar-refractivity contribution is 6.32. The molecule has 0 atom stereocenters. The van der Waals surface area contributed by atoms with Crippen LogP contribution in [0.15, 0.2) is 42.5 Å². The summed E-state index contributed by atoms with van der Waals surface area (Å²) in [7, 11) is 0. The van der Waals surface area contributed by atoms with E-state index >= 15 is 0 Å². The molecule has 4 nitrogen and oxygen atoms in total. The fourth-order valence-corrected chi connectivity index (χ4v) is 3.10. The van der Waals surface area contributed by atoms with E-state index in [1.807, 2.05) is 51.1 Å². The molecule has 0 radical (unpaired) electrons. The van der Waals surface area contributed by atoms with Crippen LogP contribution in [0.3, 0.4) is 0 Å². The maximum Gasteiger partial charge on any atom is 0.219 e.